The third kappa shape index (κ3) is 5.50. The first-order chi connectivity index (χ1) is 12.7. The monoisotopic (exact) mass is 395 g/mol. The van der Waals surface area contributed by atoms with Crippen molar-refractivity contribution in [2.45, 2.75) is 111 Å². The fraction of sp³-hybridized carbons (Fsp3) is 1.00. The molecule has 0 radical (unpaired) electrons. The molecule has 1 N–H and O–H groups in total. The lowest BCUT2D eigenvalue weighted by Crippen LogP contribution is -2.58. The predicted octanol–water partition coefficient (Wildman–Crippen LogP) is 4.22. The van der Waals surface area contributed by atoms with Crippen LogP contribution in [-0.4, -0.2) is 81.8 Å². The Kier molecular flexibility index (Phi) is 7.34. The van der Waals surface area contributed by atoms with Gasteiger partial charge in [0.25, 0.3) is 0 Å². The summed E-state index contributed by atoms with van der Waals surface area (Å²) in [4.78, 5) is 7.93. The Morgan fingerprint density at radius 1 is 0.714 bits per heavy atom. The molecule has 0 saturated carbocycles. The van der Waals surface area contributed by atoms with Crippen LogP contribution >= 0.6 is 0 Å². The number of rotatable bonds is 6. The van der Waals surface area contributed by atoms with Gasteiger partial charge in [0.2, 0.25) is 0 Å². The van der Waals surface area contributed by atoms with Crippen molar-refractivity contribution in [3.05, 3.63) is 0 Å². The van der Waals surface area contributed by atoms with Gasteiger partial charge in [-0.1, -0.05) is 20.8 Å². The molecular weight excluding hydrogens is 346 g/mol. The Morgan fingerprint density at radius 3 is 1.46 bits per heavy atom. The van der Waals surface area contributed by atoms with Crippen molar-refractivity contribution in [3.8, 4) is 0 Å². The summed E-state index contributed by atoms with van der Waals surface area (Å²) in [5, 5.41) is 11.0. The lowest BCUT2D eigenvalue weighted by atomic mass is 9.70. The summed E-state index contributed by atoms with van der Waals surface area (Å²) in [6.45, 7) is 27.6. The summed E-state index contributed by atoms with van der Waals surface area (Å²) in [5.74, 6) is 0. The smallest absolute Gasteiger partial charge is 0.0720 e. The van der Waals surface area contributed by atoms with E-state index < -0.39 is 5.60 Å². The normalized spacial score (nSPS) is 24.1. The van der Waals surface area contributed by atoms with Gasteiger partial charge >= 0.3 is 0 Å². The molecule has 0 bridgehead atoms. The molecule has 0 aromatic carbocycles. The topological polar surface area (TPSA) is 30.0 Å². The molecule has 2 aliphatic heterocycles. The number of hydrogen-bond acceptors (Lipinski definition) is 4. The van der Waals surface area contributed by atoms with Crippen molar-refractivity contribution >= 4 is 0 Å². The third-order valence-electron chi connectivity index (χ3n) is 8.09. The van der Waals surface area contributed by atoms with Gasteiger partial charge in [-0.05, 0) is 72.6 Å². The largest absolute Gasteiger partial charge is 0.389 e. The molecule has 0 spiro atoms. The molecular formula is C24H49N3O. The van der Waals surface area contributed by atoms with Crippen LogP contribution in [-0.2, 0) is 0 Å². The van der Waals surface area contributed by atoms with Crippen molar-refractivity contribution in [1.29, 1.82) is 0 Å². The molecule has 2 fully saturated rings. The maximum absolute atomic E-state index is 11.0. The zero-order valence-corrected chi connectivity index (χ0v) is 20.4. The number of piperidine rings is 1. The first-order valence-electron chi connectivity index (χ1n) is 11.6. The van der Waals surface area contributed by atoms with Crippen LogP contribution in [0.15, 0.2) is 0 Å². The molecule has 0 atom stereocenters. The highest BCUT2D eigenvalue weighted by Crippen LogP contribution is 2.41. The summed E-state index contributed by atoms with van der Waals surface area (Å²) in [7, 11) is 0. The second kappa shape index (κ2) is 8.53. The summed E-state index contributed by atoms with van der Waals surface area (Å²) < 4.78 is 0. The van der Waals surface area contributed by atoms with Gasteiger partial charge in [-0.15, -0.1) is 0 Å². The quantitative estimate of drug-likeness (QED) is 0.729. The van der Waals surface area contributed by atoms with E-state index in [1.54, 1.807) is 0 Å². The van der Waals surface area contributed by atoms with Gasteiger partial charge in [-0.3, -0.25) is 14.7 Å². The van der Waals surface area contributed by atoms with E-state index in [-0.39, 0.29) is 16.5 Å². The average Bonchev–Trinajstić information content (AvgIpc) is 2.60. The zero-order chi connectivity index (χ0) is 21.4. The fourth-order valence-corrected chi connectivity index (χ4v) is 5.00. The third-order valence-corrected chi connectivity index (χ3v) is 8.09. The Balaban J connectivity index is 1.87. The molecule has 0 aromatic rings. The summed E-state index contributed by atoms with van der Waals surface area (Å²) in [6, 6.07) is 0.662. The van der Waals surface area contributed by atoms with E-state index in [1.165, 1.54) is 39.0 Å². The molecule has 166 valence electrons. The van der Waals surface area contributed by atoms with Crippen LogP contribution < -0.4 is 0 Å². The second-order valence-corrected chi connectivity index (χ2v) is 12.0. The van der Waals surface area contributed by atoms with Crippen LogP contribution in [0.5, 0.6) is 0 Å². The van der Waals surface area contributed by atoms with E-state index in [0.29, 0.717) is 6.04 Å². The maximum Gasteiger partial charge on any atom is 0.0720 e. The minimum absolute atomic E-state index is 0.0383. The lowest BCUT2D eigenvalue weighted by molar-refractivity contribution is -0.112. The molecule has 2 saturated heterocycles. The SMILES string of the molecule is CC(C)N1CCN(C(C)(C)CCC(C)(C)N2CCC(O)(C(C)(C)C)CC2)CC1. The molecule has 0 aromatic heterocycles. The minimum Gasteiger partial charge on any atom is -0.389 e. The summed E-state index contributed by atoms with van der Waals surface area (Å²) in [5.41, 5.74) is -0.114. The summed E-state index contributed by atoms with van der Waals surface area (Å²) in [6.07, 6.45) is 4.21. The van der Waals surface area contributed by atoms with Crippen molar-refractivity contribution in [1.82, 2.24) is 14.7 Å². The van der Waals surface area contributed by atoms with Gasteiger partial charge in [0.05, 0.1) is 5.60 Å². The van der Waals surface area contributed by atoms with E-state index in [2.05, 4.69) is 77.0 Å². The molecule has 2 heterocycles. The molecule has 28 heavy (non-hydrogen) atoms. The van der Waals surface area contributed by atoms with Crippen LogP contribution in [0.4, 0.5) is 0 Å². The molecule has 0 unspecified atom stereocenters. The number of aliphatic hydroxyl groups is 1. The van der Waals surface area contributed by atoms with Crippen molar-refractivity contribution in [2.75, 3.05) is 39.3 Å². The van der Waals surface area contributed by atoms with Crippen LogP contribution in [0.25, 0.3) is 0 Å². The van der Waals surface area contributed by atoms with Gasteiger partial charge in [0.1, 0.15) is 0 Å². The summed E-state index contributed by atoms with van der Waals surface area (Å²) >= 11 is 0. The average molecular weight is 396 g/mol. The molecule has 2 rings (SSSR count). The lowest BCUT2D eigenvalue weighted by Gasteiger charge is -2.51. The number of nitrogens with zero attached hydrogens (tertiary/aromatic N) is 3. The van der Waals surface area contributed by atoms with E-state index >= 15 is 0 Å². The molecule has 4 heteroatoms. The van der Waals surface area contributed by atoms with Gasteiger partial charge < -0.3 is 5.11 Å². The maximum atomic E-state index is 11.0. The standard InChI is InChI=1S/C24H49N3O/c1-20(2)25-16-18-27(19-17-25)23(8,9)11-10-22(6,7)26-14-12-24(28,13-15-26)21(3,4)5/h20,28H,10-19H2,1-9H3. The molecule has 4 nitrogen and oxygen atoms in total. The minimum atomic E-state index is -0.519. The van der Waals surface area contributed by atoms with Crippen LogP contribution in [0.2, 0.25) is 0 Å². The highest BCUT2D eigenvalue weighted by atomic mass is 16.3. The fourth-order valence-electron chi connectivity index (χ4n) is 5.00. The second-order valence-electron chi connectivity index (χ2n) is 12.0. The Bertz CT molecular complexity index is 490. The Morgan fingerprint density at radius 2 is 1.11 bits per heavy atom. The van der Waals surface area contributed by atoms with E-state index in [9.17, 15) is 5.11 Å². The van der Waals surface area contributed by atoms with Gasteiger partial charge in [0.15, 0.2) is 0 Å². The first kappa shape index (κ1) is 24.1. The zero-order valence-electron chi connectivity index (χ0n) is 20.4. The predicted molar refractivity (Wildman–Crippen MR) is 121 cm³/mol. The van der Waals surface area contributed by atoms with E-state index in [4.69, 9.17) is 0 Å². The van der Waals surface area contributed by atoms with Gasteiger partial charge in [-0.25, -0.2) is 0 Å². The highest BCUT2D eigenvalue weighted by molar-refractivity contribution is 4.98. The number of piperazine rings is 1. The molecule has 0 aliphatic carbocycles. The van der Waals surface area contributed by atoms with Gasteiger partial charge in [-0.2, -0.15) is 0 Å². The van der Waals surface area contributed by atoms with Crippen molar-refractivity contribution < 1.29 is 5.11 Å². The first-order valence-corrected chi connectivity index (χ1v) is 11.6. The van der Waals surface area contributed by atoms with E-state index in [1.807, 2.05) is 0 Å². The molecule has 0 amide bonds. The van der Waals surface area contributed by atoms with Crippen molar-refractivity contribution in [3.63, 3.8) is 0 Å². The van der Waals surface area contributed by atoms with Crippen LogP contribution in [0.3, 0.4) is 0 Å². The van der Waals surface area contributed by atoms with Gasteiger partial charge in [0, 0.05) is 56.4 Å². The molecule has 2 aliphatic rings. The van der Waals surface area contributed by atoms with Crippen molar-refractivity contribution in [2.24, 2.45) is 5.41 Å². The Hall–Kier alpha value is -0.160. The number of hydrogen-bond donors (Lipinski definition) is 1. The highest BCUT2D eigenvalue weighted by Gasteiger charge is 2.44. The van der Waals surface area contributed by atoms with Crippen LogP contribution in [0.1, 0.15) is 88.0 Å². The number of likely N-dealkylation sites (tertiary alicyclic amines) is 1. The van der Waals surface area contributed by atoms with Crippen LogP contribution in [0, 0.1) is 5.41 Å². The Labute approximate surface area is 175 Å². The van der Waals surface area contributed by atoms with E-state index in [0.717, 1.165) is 25.9 Å².